The largest absolute Gasteiger partial charge is 0.482 e. The Morgan fingerprint density at radius 1 is 1.31 bits per heavy atom. The predicted molar refractivity (Wildman–Crippen MR) is 70.5 cm³/mol. The number of esters is 1. The predicted octanol–water partition coefficient (Wildman–Crippen LogP) is 2.87. The third-order valence-corrected chi connectivity index (χ3v) is 2.47. The first-order chi connectivity index (χ1) is 7.58. The number of rotatable bonds is 5. The van der Waals surface area contributed by atoms with E-state index in [-0.39, 0.29) is 12.6 Å². The first kappa shape index (κ1) is 13.3. The summed E-state index contributed by atoms with van der Waals surface area (Å²) in [5.74, 6) is 0.705. The van der Waals surface area contributed by atoms with Gasteiger partial charge in [-0.1, -0.05) is 13.8 Å². The lowest BCUT2D eigenvalue weighted by molar-refractivity contribution is -0.147. The number of ether oxygens (including phenoxy) is 2. The lowest BCUT2D eigenvalue weighted by atomic mass is 10.2. The van der Waals surface area contributed by atoms with Crippen molar-refractivity contribution in [1.82, 2.24) is 0 Å². The summed E-state index contributed by atoms with van der Waals surface area (Å²) in [5.41, 5.74) is 0. The van der Waals surface area contributed by atoms with Gasteiger partial charge in [0, 0.05) is 3.57 Å². The summed E-state index contributed by atoms with van der Waals surface area (Å²) in [6.45, 7) is 4.39. The van der Waals surface area contributed by atoms with Gasteiger partial charge in [-0.3, -0.25) is 0 Å². The van der Waals surface area contributed by atoms with E-state index in [9.17, 15) is 4.79 Å². The number of benzene rings is 1. The molecule has 0 bridgehead atoms. The molecule has 0 atom stereocenters. The number of halogens is 1. The van der Waals surface area contributed by atoms with Crippen LogP contribution in [0.25, 0.3) is 0 Å². The molecule has 16 heavy (non-hydrogen) atoms. The summed E-state index contributed by atoms with van der Waals surface area (Å²) in [5, 5.41) is 0. The van der Waals surface area contributed by atoms with Gasteiger partial charge in [0.05, 0.1) is 6.61 Å². The van der Waals surface area contributed by atoms with Gasteiger partial charge in [-0.15, -0.1) is 0 Å². The minimum Gasteiger partial charge on any atom is -0.482 e. The lowest BCUT2D eigenvalue weighted by Crippen LogP contribution is -2.17. The number of hydrogen-bond acceptors (Lipinski definition) is 3. The zero-order valence-corrected chi connectivity index (χ0v) is 11.6. The minimum absolute atomic E-state index is 0.0344. The Morgan fingerprint density at radius 3 is 2.50 bits per heavy atom. The van der Waals surface area contributed by atoms with Gasteiger partial charge in [0.15, 0.2) is 6.61 Å². The summed E-state index contributed by atoms with van der Waals surface area (Å²) in [7, 11) is 0. The van der Waals surface area contributed by atoms with Gasteiger partial charge >= 0.3 is 5.97 Å². The molecule has 1 aromatic rings. The number of carbonyl (C=O) groups excluding carboxylic acids is 1. The number of carbonyl (C=O) groups is 1. The van der Waals surface area contributed by atoms with Crippen molar-refractivity contribution >= 4 is 28.6 Å². The van der Waals surface area contributed by atoms with E-state index in [1.165, 1.54) is 0 Å². The molecule has 0 aliphatic heterocycles. The van der Waals surface area contributed by atoms with E-state index in [0.717, 1.165) is 3.57 Å². The van der Waals surface area contributed by atoms with Crippen LogP contribution in [0.5, 0.6) is 5.75 Å². The van der Waals surface area contributed by atoms with Crippen LogP contribution in [0.2, 0.25) is 0 Å². The van der Waals surface area contributed by atoms with Gasteiger partial charge in [-0.25, -0.2) is 4.79 Å². The van der Waals surface area contributed by atoms with Gasteiger partial charge in [-0.05, 0) is 52.8 Å². The Kier molecular flexibility index (Phi) is 5.59. The van der Waals surface area contributed by atoms with E-state index in [4.69, 9.17) is 9.47 Å². The third kappa shape index (κ3) is 5.34. The second kappa shape index (κ2) is 6.73. The van der Waals surface area contributed by atoms with E-state index < -0.39 is 0 Å². The van der Waals surface area contributed by atoms with Crippen molar-refractivity contribution < 1.29 is 14.3 Å². The van der Waals surface area contributed by atoms with Crippen LogP contribution < -0.4 is 4.74 Å². The van der Waals surface area contributed by atoms with E-state index in [1.807, 2.05) is 38.1 Å². The fourth-order valence-corrected chi connectivity index (χ4v) is 1.33. The molecule has 0 aromatic heterocycles. The van der Waals surface area contributed by atoms with Crippen molar-refractivity contribution in [2.75, 3.05) is 13.2 Å². The van der Waals surface area contributed by atoms with Crippen LogP contribution in [0, 0.1) is 9.49 Å². The second-order valence-electron chi connectivity index (χ2n) is 3.82. The van der Waals surface area contributed by atoms with Gasteiger partial charge in [0.2, 0.25) is 0 Å². The molecule has 88 valence electrons. The topological polar surface area (TPSA) is 35.5 Å². The minimum atomic E-state index is -0.327. The first-order valence-electron chi connectivity index (χ1n) is 5.12. The van der Waals surface area contributed by atoms with Crippen LogP contribution in [-0.2, 0) is 9.53 Å². The maximum atomic E-state index is 11.2. The molecular formula is C12H15IO3. The van der Waals surface area contributed by atoms with Crippen molar-refractivity contribution in [3.63, 3.8) is 0 Å². The molecule has 4 heteroatoms. The van der Waals surface area contributed by atoms with E-state index in [0.29, 0.717) is 18.3 Å². The number of hydrogen-bond donors (Lipinski definition) is 0. The molecule has 0 saturated carbocycles. The Morgan fingerprint density at radius 2 is 1.94 bits per heavy atom. The lowest BCUT2D eigenvalue weighted by Gasteiger charge is -2.08. The molecule has 0 aliphatic rings. The Bertz CT molecular complexity index is 333. The molecule has 0 unspecified atom stereocenters. The summed E-state index contributed by atoms with van der Waals surface area (Å²) >= 11 is 2.21. The van der Waals surface area contributed by atoms with Crippen LogP contribution in [0.3, 0.4) is 0 Å². The van der Waals surface area contributed by atoms with Gasteiger partial charge in [0.1, 0.15) is 5.75 Å². The molecule has 0 N–H and O–H groups in total. The standard InChI is InChI=1S/C12H15IO3/c1-9(2)7-16-12(14)8-15-11-5-3-10(13)4-6-11/h3-6,9H,7-8H2,1-2H3. The van der Waals surface area contributed by atoms with Crippen molar-refractivity contribution in [3.05, 3.63) is 27.8 Å². The highest BCUT2D eigenvalue weighted by molar-refractivity contribution is 14.1. The van der Waals surface area contributed by atoms with Crippen molar-refractivity contribution in [3.8, 4) is 5.75 Å². The summed E-state index contributed by atoms with van der Waals surface area (Å²) in [6.07, 6.45) is 0. The van der Waals surface area contributed by atoms with E-state index in [2.05, 4.69) is 22.6 Å². The zero-order valence-electron chi connectivity index (χ0n) is 9.40. The summed E-state index contributed by atoms with van der Waals surface area (Å²) in [6, 6.07) is 7.51. The first-order valence-corrected chi connectivity index (χ1v) is 6.20. The summed E-state index contributed by atoms with van der Waals surface area (Å²) in [4.78, 5) is 11.2. The monoisotopic (exact) mass is 334 g/mol. The maximum absolute atomic E-state index is 11.2. The fraction of sp³-hybridized carbons (Fsp3) is 0.417. The average molecular weight is 334 g/mol. The van der Waals surface area contributed by atoms with Gasteiger partial charge in [0.25, 0.3) is 0 Å². The van der Waals surface area contributed by atoms with Crippen LogP contribution >= 0.6 is 22.6 Å². The quantitative estimate of drug-likeness (QED) is 0.614. The molecule has 0 radical (unpaired) electrons. The Hall–Kier alpha value is -0.780. The maximum Gasteiger partial charge on any atom is 0.344 e. The highest BCUT2D eigenvalue weighted by Gasteiger charge is 2.05. The smallest absolute Gasteiger partial charge is 0.344 e. The molecule has 0 saturated heterocycles. The molecule has 3 nitrogen and oxygen atoms in total. The molecule has 0 spiro atoms. The average Bonchev–Trinajstić information content (AvgIpc) is 2.25. The van der Waals surface area contributed by atoms with Crippen LogP contribution in [0.15, 0.2) is 24.3 Å². The highest BCUT2D eigenvalue weighted by atomic mass is 127. The zero-order chi connectivity index (χ0) is 12.0. The molecule has 0 fully saturated rings. The van der Waals surface area contributed by atoms with Crippen molar-refractivity contribution in [2.45, 2.75) is 13.8 Å². The molecule has 0 heterocycles. The van der Waals surface area contributed by atoms with Crippen molar-refractivity contribution in [2.24, 2.45) is 5.92 Å². The summed E-state index contributed by atoms with van der Waals surface area (Å²) < 4.78 is 11.4. The van der Waals surface area contributed by atoms with Gasteiger partial charge in [-0.2, -0.15) is 0 Å². The normalized spacial score (nSPS) is 10.2. The molecular weight excluding hydrogens is 319 g/mol. The second-order valence-corrected chi connectivity index (χ2v) is 5.07. The molecule has 0 aliphatic carbocycles. The molecule has 1 rings (SSSR count). The highest BCUT2D eigenvalue weighted by Crippen LogP contribution is 2.13. The Labute approximate surface area is 109 Å². The van der Waals surface area contributed by atoms with E-state index in [1.54, 1.807) is 0 Å². The van der Waals surface area contributed by atoms with E-state index >= 15 is 0 Å². The van der Waals surface area contributed by atoms with Crippen LogP contribution in [0.4, 0.5) is 0 Å². The van der Waals surface area contributed by atoms with Crippen molar-refractivity contribution in [1.29, 1.82) is 0 Å². The fourth-order valence-electron chi connectivity index (χ4n) is 0.974. The Balaban J connectivity index is 2.29. The third-order valence-electron chi connectivity index (χ3n) is 1.75. The SMILES string of the molecule is CC(C)COC(=O)COc1ccc(I)cc1. The van der Waals surface area contributed by atoms with Crippen LogP contribution in [-0.4, -0.2) is 19.2 Å². The van der Waals surface area contributed by atoms with Gasteiger partial charge < -0.3 is 9.47 Å². The molecule has 0 amide bonds. The molecule has 1 aromatic carbocycles. The van der Waals surface area contributed by atoms with Crippen LogP contribution in [0.1, 0.15) is 13.8 Å².